The SMILES string of the molecule is C=C(C)c1ccccc1C(=C)Nc1cccc(Sc2cnc(N3CCC4(CCCC4)CC3)cn2)c1Cl. The number of anilines is 2. The van der Waals surface area contributed by atoms with Crippen molar-refractivity contribution in [2.45, 2.75) is 55.4 Å². The Morgan fingerprint density at radius 3 is 2.33 bits per heavy atom. The van der Waals surface area contributed by atoms with Crippen LogP contribution < -0.4 is 10.2 Å². The van der Waals surface area contributed by atoms with Gasteiger partial charge in [-0.1, -0.05) is 85.3 Å². The molecule has 2 heterocycles. The highest BCUT2D eigenvalue weighted by atomic mass is 35.5. The number of aromatic nitrogens is 2. The quantitative estimate of drug-likeness (QED) is 0.340. The van der Waals surface area contributed by atoms with Crippen LogP contribution in [-0.4, -0.2) is 23.1 Å². The van der Waals surface area contributed by atoms with Crippen molar-refractivity contribution in [1.82, 2.24) is 9.97 Å². The minimum atomic E-state index is 0.605. The Morgan fingerprint density at radius 2 is 1.67 bits per heavy atom. The van der Waals surface area contributed by atoms with Crippen molar-refractivity contribution in [3.8, 4) is 0 Å². The highest BCUT2D eigenvalue weighted by molar-refractivity contribution is 7.99. The van der Waals surface area contributed by atoms with Crippen LogP contribution in [0.1, 0.15) is 56.6 Å². The molecule has 1 aliphatic carbocycles. The van der Waals surface area contributed by atoms with Gasteiger partial charge in [0.1, 0.15) is 10.8 Å². The van der Waals surface area contributed by atoms with Gasteiger partial charge in [-0.15, -0.1) is 0 Å². The Kier molecular flexibility index (Phi) is 7.40. The molecule has 1 saturated heterocycles. The molecule has 2 fully saturated rings. The molecule has 0 amide bonds. The van der Waals surface area contributed by atoms with Crippen LogP contribution in [0.25, 0.3) is 11.3 Å². The minimum Gasteiger partial charge on any atom is -0.355 e. The predicted octanol–water partition coefficient (Wildman–Crippen LogP) is 8.56. The summed E-state index contributed by atoms with van der Waals surface area (Å²) in [7, 11) is 0. The Morgan fingerprint density at radius 1 is 0.944 bits per heavy atom. The molecule has 2 aliphatic rings. The number of halogens is 1. The molecule has 1 N–H and O–H groups in total. The van der Waals surface area contributed by atoms with Gasteiger partial charge in [-0.3, -0.25) is 0 Å². The van der Waals surface area contributed by atoms with E-state index in [1.165, 1.54) is 50.3 Å². The second-order valence-corrected chi connectivity index (χ2v) is 11.5. The number of nitrogens with one attached hydrogen (secondary N) is 1. The largest absolute Gasteiger partial charge is 0.355 e. The molecule has 0 atom stereocenters. The van der Waals surface area contributed by atoms with E-state index in [1.807, 2.05) is 55.7 Å². The minimum absolute atomic E-state index is 0.605. The van der Waals surface area contributed by atoms with Crippen LogP contribution in [0.4, 0.5) is 11.5 Å². The van der Waals surface area contributed by atoms with Crippen LogP contribution in [0.3, 0.4) is 0 Å². The Balaban J connectivity index is 1.25. The molecule has 186 valence electrons. The first-order valence-corrected chi connectivity index (χ1v) is 13.9. The zero-order chi connectivity index (χ0) is 25.1. The van der Waals surface area contributed by atoms with E-state index < -0.39 is 0 Å². The molecule has 0 bridgehead atoms. The van der Waals surface area contributed by atoms with E-state index >= 15 is 0 Å². The molecule has 6 heteroatoms. The maximum Gasteiger partial charge on any atom is 0.147 e. The number of rotatable bonds is 7. The lowest BCUT2D eigenvalue weighted by atomic mass is 9.77. The maximum absolute atomic E-state index is 6.81. The second-order valence-electron chi connectivity index (χ2n) is 10.1. The Bertz CT molecular complexity index is 1250. The molecular formula is C30H33ClN4S. The van der Waals surface area contributed by atoms with Crippen LogP contribution in [-0.2, 0) is 0 Å². The fourth-order valence-electron chi connectivity index (χ4n) is 5.51. The van der Waals surface area contributed by atoms with E-state index in [1.54, 1.807) is 0 Å². The molecule has 1 aliphatic heterocycles. The van der Waals surface area contributed by atoms with Gasteiger partial charge in [-0.25, -0.2) is 9.97 Å². The number of benzene rings is 2. The Hall–Kier alpha value is -2.76. The van der Waals surface area contributed by atoms with Gasteiger partial charge in [-0.05, 0) is 55.7 Å². The summed E-state index contributed by atoms with van der Waals surface area (Å²) in [6.45, 7) is 12.5. The van der Waals surface area contributed by atoms with Gasteiger partial charge in [0.05, 0.1) is 23.1 Å². The topological polar surface area (TPSA) is 41.1 Å². The Labute approximate surface area is 223 Å². The van der Waals surface area contributed by atoms with Gasteiger partial charge in [0.15, 0.2) is 0 Å². The first kappa shape index (κ1) is 24.9. The van der Waals surface area contributed by atoms with Crippen LogP contribution in [0.5, 0.6) is 0 Å². The molecule has 0 radical (unpaired) electrons. The van der Waals surface area contributed by atoms with Gasteiger partial charge in [0.25, 0.3) is 0 Å². The molecule has 2 aromatic carbocycles. The number of allylic oxidation sites excluding steroid dienone is 1. The van der Waals surface area contributed by atoms with Crippen molar-refractivity contribution in [1.29, 1.82) is 0 Å². The van der Waals surface area contributed by atoms with Crippen molar-refractivity contribution in [2.24, 2.45) is 5.41 Å². The average molecular weight is 517 g/mol. The molecule has 0 unspecified atom stereocenters. The van der Waals surface area contributed by atoms with E-state index in [4.69, 9.17) is 21.6 Å². The second kappa shape index (κ2) is 10.7. The van der Waals surface area contributed by atoms with Crippen LogP contribution in [0, 0.1) is 5.41 Å². The molecule has 3 aromatic rings. The molecule has 4 nitrogen and oxygen atoms in total. The lowest BCUT2D eigenvalue weighted by molar-refractivity contribution is 0.226. The van der Waals surface area contributed by atoms with E-state index in [9.17, 15) is 0 Å². The van der Waals surface area contributed by atoms with Gasteiger partial charge in [0, 0.05) is 29.2 Å². The predicted molar refractivity (Wildman–Crippen MR) is 154 cm³/mol. The third-order valence-electron chi connectivity index (χ3n) is 7.60. The van der Waals surface area contributed by atoms with Crippen LogP contribution in [0.2, 0.25) is 5.02 Å². The summed E-state index contributed by atoms with van der Waals surface area (Å²) in [5.74, 6) is 0.973. The number of hydrogen-bond acceptors (Lipinski definition) is 5. The van der Waals surface area contributed by atoms with Gasteiger partial charge >= 0.3 is 0 Å². The maximum atomic E-state index is 6.81. The third kappa shape index (κ3) is 5.33. The summed E-state index contributed by atoms with van der Waals surface area (Å²) in [5, 5.41) is 4.86. The van der Waals surface area contributed by atoms with E-state index in [0.717, 1.165) is 56.9 Å². The van der Waals surface area contributed by atoms with Crippen molar-refractivity contribution in [2.75, 3.05) is 23.3 Å². The standard InChI is InChI=1S/C30H33ClN4S/c1-21(2)23-9-4-5-10-24(23)22(3)34-25-11-8-12-26(29(25)31)36-28-20-32-27(19-33-28)35-17-15-30(16-18-35)13-6-7-14-30/h4-5,8-12,19-20,34H,1,3,6-7,13-18H2,2H3. The number of piperidine rings is 1. The fraction of sp³-hybridized carbons (Fsp3) is 0.333. The van der Waals surface area contributed by atoms with Crippen molar-refractivity contribution >= 4 is 46.1 Å². The zero-order valence-electron chi connectivity index (χ0n) is 20.9. The molecule has 1 saturated carbocycles. The highest BCUT2D eigenvalue weighted by Crippen LogP contribution is 2.46. The smallest absolute Gasteiger partial charge is 0.147 e. The fourth-order valence-corrected chi connectivity index (χ4v) is 6.58. The zero-order valence-corrected chi connectivity index (χ0v) is 22.5. The van der Waals surface area contributed by atoms with Gasteiger partial charge in [-0.2, -0.15) is 0 Å². The third-order valence-corrected chi connectivity index (χ3v) is 9.10. The highest BCUT2D eigenvalue weighted by Gasteiger charge is 2.37. The van der Waals surface area contributed by atoms with Crippen molar-refractivity contribution < 1.29 is 0 Å². The molecular weight excluding hydrogens is 484 g/mol. The lowest BCUT2D eigenvalue weighted by Crippen LogP contribution is -2.39. The van der Waals surface area contributed by atoms with E-state index in [-0.39, 0.29) is 0 Å². The van der Waals surface area contributed by atoms with Crippen LogP contribution >= 0.6 is 23.4 Å². The average Bonchev–Trinajstić information content (AvgIpc) is 3.35. The lowest BCUT2D eigenvalue weighted by Gasteiger charge is -2.39. The number of hydrogen-bond donors (Lipinski definition) is 1. The summed E-state index contributed by atoms with van der Waals surface area (Å²) in [6, 6.07) is 14.1. The van der Waals surface area contributed by atoms with E-state index in [2.05, 4.69) is 29.4 Å². The van der Waals surface area contributed by atoms with Gasteiger partial charge < -0.3 is 10.2 Å². The van der Waals surface area contributed by atoms with Crippen LogP contribution in [0.15, 0.2) is 77.9 Å². The monoisotopic (exact) mass is 516 g/mol. The first-order valence-electron chi connectivity index (χ1n) is 12.7. The molecule has 36 heavy (non-hydrogen) atoms. The molecule has 1 spiro atoms. The summed E-state index contributed by atoms with van der Waals surface area (Å²) >= 11 is 8.33. The number of nitrogens with zero attached hydrogens (tertiary/aromatic N) is 3. The summed E-state index contributed by atoms with van der Waals surface area (Å²) < 4.78 is 0. The van der Waals surface area contributed by atoms with Crippen molar-refractivity contribution in [3.63, 3.8) is 0 Å². The summed E-state index contributed by atoms with van der Waals surface area (Å²) in [5.41, 5.74) is 5.27. The van der Waals surface area contributed by atoms with Gasteiger partial charge in [0.2, 0.25) is 0 Å². The summed E-state index contributed by atoms with van der Waals surface area (Å²) in [4.78, 5) is 12.8. The summed E-state index contributed by atoms with van der Waals surface area (Å²) in [6.07, 6.45) is 11.9. The molecule has 1 aromatic heterocycles. The van der Waals surface area contributed by atoms with Crippen molar-refractivity contribution in [3.05, 3.63) is 84.2 Å². The first-order chi connectivity index (χ1) is 17.4. The molecule has 5 rings (SSSR count). The normalized spacial score (nSPS) is 16.8. The van der Waals surface area contributed by atoms with E-state index in [0.29, 0.717) is 10.4 Å².